The monoisotopic (exact) mass is 247 g/mol. The molecule has 0 fully saturated rings. The predicted molar refractivity (Wildman–Crippen MR) is 67.4 cm³/mol. The van der Waals surface area contributed by atoms with Crippen LogP contribution >= 0.6 is 0 Å². The zero-order valence-corrected chi connectivity index (χ0v) is 10.6. The van der Waals surface area contributed by atoms with Gasteiger partial charge < -0.3 is 10.1 Å². The lowest BCUT2D eigenvalue weighted by atomic mass is 10.4. The van der Waals surface area contributed by atoms with Gasteiger partial charge in [-0.15, -0.1) is 5.10 Å². The maximum absolute atomic E-state index is 5.44. The van der Waals surface area contributed by atoms with Crippen LogP contribution < -0.4 is 10.1 Å². The molecule has 0 aromatic carbocycles. The molecule has 6 nitrogen and oxygen atoms in total. The molecule has 0 unspecified atom stereocenters. The Bertz CT molecular complexity index is 479. The largest absolute Gasteiger partial charge is 0.417 e. The lowest BCUT2D eigenvalue weighted by molar-refractivity contribution is 0.440. The van der Waals surface area contributed by atoms with E-state index in [0.29, 0.717) is 11.8 Å². The van der Waals surface area contributed by atoms with Gasteiger partial charge in [-0.3, -0.25) is 10.1 Å². The average Bonchev–Trinajstić information content (AvgIpc) is 2.77. The molecule has 0 atom stereocenters. The molecule has 0 aliphatic rings. The molecule has 0 saturated carbocycles. The molecular weight excluding hydrogens is 230 g/mol. The van der Waals surface area contributed by atoms with Crippen molar-refractivity contribution in [3.8, 4) is 11.8 Å². The first kappa shape index (κ1) is 12.5. The van der Waals surface area contributed by atoms with Crippen LogP contribution in [-0.4, -0.2) is 26.7 Å². The highest BCUT2D eigenvalue weighted by molar-refractivity contribution is 5.19. The van der Waals surface area contributed by atoms with Gasteiger partial charge in [0, 0.05) is 18.3 Å². The van der Waals surface area contributed by atoms with Crippen molar-refractivity contribution in [2.24, 2.45) is 0 Å². The highest BCUT2D eigenvalue weighted by atomic mass is 16.5. The van der Waals surface area contributed by atoms with Crippen LogP contribution in [0.5, 0.6) is 11.8 Å². The van der Waals surface area contributed by atoms with E-state index < -0.39 is 0 Å². The van der Waals surface area contributed by atoms with E-state index in [-0.39, 0.29) is 0 Å². The average molecular weight is 247 g/mol. The van der Waals surface area contributed by atoms with Gasteiger partial charge in [0.2, 0.25) is 11.8 Å². The molecule has 0 radical (unpaired) electrons. The van der Waals surface area contributed by atoms with E-state index in [1.54, 1.807) is 18.5 Å². The zero-order chi connectivity index (χ0) is 12.8. The quantitative estimate of drug-likeness (QED) is 0.761. The van der Waals surface area contributed by atoms with Gasteiger partial charge in [0.15, 0.2) is 0 Å². The standard InChI is InChI=1S/C12H17N5O/c1-3-4-13-6-10-7-15-12(8-14-10)18-11-5-9(2)16-17-11/h5,7-8,13H,3-4,6H2,1-2H3,(H,16,17). The third kappa shape index (κ3) is 3.53. The van der Waals surface area contributed by atoms with E-state index in [1.807, 2.05) is 6.92 Å². The van der Waals surface area contributed by atoms with Crippen LogP contribution in [0.3, 0.4) is 0 Å². The molecular formula is C12H17N5O. The van der Waals surface area contributed by atoms with E-state index in [0.717, 1.165) is 30.9 Å². The second-order valence-electron chi connectivity index (χ2n) is 4.01. The molecule has 0 bridgehead atoms. The van der Waals surface area contributed by atoms with E-state index in [2.05, 4.69) is 32.4 Å². The Hall–Kier alpha value is -1.95. The van der Waals surface area contributed by atoms with Crippen molar-refractivity contribution >= 4 is 0 Å². The summed E-state index contributed by atoms with van der Waals surface area (Å²) in [5, 5.41) is 10.0. The Morgan fingerprint density at radius 1 is 1.28 bits per heavy atom. The molecule has 0 aliphatic heterocycles. The summed E-state index contributed by atoms with van der Waals surface area (Å²) >= 11 is 0. The molecule has 0 saturated heterocycles. The normalized spacial score (nSPS) is 10.6. The third-order valence-electron chi connectivity index (χ3n) is 2.31. The smallest absolute Gasteiger partial charge is 0.240 e. The minimum Gasteiger partial charge on any atom is -0.417 e. The maximum atomic E-state index is 5.44. The SMILES string of the molecule is CCCNCc1cnc(Oc2cc(C)[nH]n2)cn1. The van der Waals surface area contributed by atoms with Gasteiger partial charge in [0.05, 0.1) is 18.1 Å². The number of rotatable bonds is 6. The van der Waals surface area contributed by atoms with Crippen molar-refractivity contribution in [1.29, 1.82) is 0 Å². The zero-order valence-electron chi connectivity index (χ0n) is 10.6. The Morgan fingerprint density at radius 2 is 2.17 bits per heavy atom. The van der Waals surface area contributed by atoms with Gasteiger partial charge in [-0.1, -0.05) is 6.92 Å². The Kier molecular flexibility index (Phi) is 4.25. The van der Waals surface area contributed by atoms with Gasteiger partial charge in [-0.25, -0.2) is 4.98 Å². The van der Waals surface area contributed by atoms with Crippen LogP contribution in [0.2, 0.25) is 0 Å². The van der Waals surface area contributed by atoms with Crippen molar-refractivity contribution in [2.75, 3.05) is 6.54 Å². The van der Waals surface area contributed by atoms with Crippen molar-refractivity contribution in [3.05, 3.63) is 29.8 Å². The molecule has 0 spiro atoms. The molecule has 6 heteroatoms. The number of aromatic amines is 1. The minimum atomic E-state index is 0.445. The number of nitrogens with zero attached hydrogens (tertiary/aromatic N) is 3. The molecule has 2 rings (SSSR count). The second-order valence-corrected chi connectivity index (χ2v) is 4.01. The van der Waals surface area contributed by atoms with Crippen molar-refractivity contribution in [1.82, 2.24) is 25.5 Å². The summed E-state index contributed by atoms with van der Waals surface area (Å²) in [6.45, 7) is 5.74. The minimum absolute atomic E-state index is 0.445. The molecule has 2 heterocycles. The van der Waals surface area contributed by atoms with Crippen LogP contribution in [0.1, 0.15) is 24.7 Å². The van der Waals surface area contributed by atoms with Crippen molar-refractivity contribution in [3.63, 3.8) is 0 Å². The van der Waals surface area contributed by atoms with Gasteiger partial charge in [-0.05, 0) is 19.9 Å². The third-order valence-corrected chi connectivity index (χ3v) is 2.31. The maximum Gasteiger partial charge on any atom is 0.240 e. The molecule has 2 aromatic rings. The summed E-state index contributed by atoms with van der Waals surface area (Å²) in [4.78, 5) is 8.45. The summed E-state index contributed by atoms with van der Waals surface area (Å²) in [7, 11) is 0. The van der Waals surface area contributed by atoms with Crippen LogP contribution in [0.25, 0.3) is 0 Å². The van der Waals surface area contributed by atoms with E-state index >= 15 is 0 Å². The summed E-state index contributed by atoms with van der Waals surface area (Å²) in [5.41, 5.74) is 1.84. The van der Waals surface area contributed by atoms with Crippen LogP contribution in [-0.2, 0) is 6.54 Å². The van der Waals surface area contributed by atoms with Crippen molar-refractivity contribution < 1.29 is 4.74 Å². The number of H-pyrrole nitrogens is 1. The Labute approximate surface area is 106 Å². The lowest BCUT2D eigenvalue weighted by Crippen LogP contribution is -2.14. The van der Waals surface area contributed by atoms with Gasteiger partial charge in [0.25, 0.3) is 0 Å². The fourth-order valence-electron chi connectivity index (χ4n) is 1.43. The fourth-order valence-corrected chi connectivity index (χ4v) is 1.43. The number of ether oxygens (including phenoxy) is 1. The number of nitrogens with one attached hydrogen (secondary N) is 2. The first-order chi connectivity index (χ1) is 8.78. The number of aromatic nitrogens is 4. The molecule has 2 aromatic heterocycles. The van der Waals surface area contributed by atoms with Gasteiger partial charge >= 0.3 is 0 Å². The molecule has 96 valence electrons. The first-order valence-electron chi connectivity index (χ1n) is 5.99. The van der Waals surface area contributed by atoms with E-state index in [9.17, 15) is 0 Å². The van der Waals surface area contributed by atoms with Crippen LogP contribution in [0.15, 0.2) is 18.5 Å². The van der Waals surface area contributed by atoms with E-state index in [4.69, 9.17) is 4.74 Å². The van der Waals surface area contributed by atoms with E-state index in [1.165, 1.54) is 0 Å². The lowest BCUT2D eigenvalue weighted by Gasteiger charge is -2.03. The van der Waals surface area contributed by atoms with Crippen LogP contribution in [0.4, 0.5) is 0 Å². The fraction of sp³-hybridized carbons (Fsp3) is 0.417. The molecule has 0 aliphatic carbocycles. The molecule has 0 amide bonds. The van der Waals surface area contributed by atoms with Crippen molar-refractivity contribution in [2.45, 2.75) is 26.8 Å². The van der Waals surface area contributed by atoms with Gasteiger partial charge in [-0.2, -0.15) is 0 Å². The summed E-state index contributed by atoms with van der Waals surface area (Å²) < 4.78 is 5.44. The highest BCUT2D eigenvalue weighted by Crippen LogP contribution is 2.15. The summed E-state index contributed by atoms with van der Waals surface area (Å²) in [6, 6.07) is 1.80. The first-order valence-corrected chi connectivity index (χ1v) is 5.99. The molecule has 18 heavy (non-hydrogen) atoms. The van der Waals surface area contributed by atoms with Gasteiger partial charge in [0.1, 0.15) is 0 Å². The topological polar surface area (TPSA) is 75.7 Å². The highest BCUT2D eigenvalue weighted by Gasteiger charge is 2.03. The Balaban J connectivity index is 1.91. The second kappa shape index (κ2) is 6.11. The molecule has 2 N–H and O–H groups in total. The predicted octanol–water partition coefficient (Wildman–Crippen LogP) is 1.80. The Morgan fingerprint density at radius 3 is 2.78 bits per heavy atom. The number of hydrogen-bond acceptors (Lipinski definition) is 5. The van der Waals surface area contributed by atoms with Crippen LogP contribution in [0, 0.1) is 6.92 Å². The number of hydrogen-bond donors (Lipinski definition) is 2. The number of aryl methyl sites for hydroxylation is 1. The summed E-state index contributed by atoms with van der Waals surface area (Å²) in [6.07, 6.45) is 4.41. The summed E-state index contributed by atoms with van der Waals surface area (Å²) in [5.74, 6) is 0.944.